The minimum Gasteiger partial charge on any atom is -0.317 e. The number of benzene rings is 1. The maximum atomic E-state index is 13.5. The third-order valence-electron chi connectivity index (χ3n) is 4.02. The number of halogens is 1. The molecule has 0 radical (unpaired) electrons. The normalized spacial score (nSPS) is 27.6. The van der Waals surface area contributed by atoms with Crippen LogP contribution in [0.15, 0.2) is 23.1 Å². The highest BCUT2D eigenvalue weighted by molar-refractivity contribution is 7.99. The van der Waals surface area contributed by atoms with Crippen molar-refractivity contribution in [3.63, 3.8) is 0 Å². The zero-order valence-corrected chi connectivity index (χ0v) is 11.9. The SMILES string of the molecule is Fc1ccc2c(c1)C(NC1CCCNCC1)CCS2. The van der Waals surface area contributed by atoms with E-state index in [-0.39, 0.29) is 5.82 Å². The van der Waals surface area contributed by atoms with Crippen LogP contribution in [0, 0.1) is 5.82 Å². The van der Waals surface area contributed by atoms with Crippen LogP contribution in [0.5, 0.6) is 0 Å². The van der Waals surface area contributed by atoms with Crippen molar-refractivity contribution in [3.05, 3.63) is 29.6 Å². The molecule has 4 heteroatoms. The summed E-state index contributed by atoms with van der Waals surface area (Å²) in [4.78, 5) is 1.25. The van der Waals surface area contributed by atoms with Crippen LogP contribution in [0.2, 0.25) is 0 Å². The van der Waals surface area contributed by atoms with E-state index in [2.05, 4.69) is 10.6 Å². The molecule has 2 N–H and O–H groups in total. The summed E-state index contributed by atoms with van der Waals surface area (Å²) in [5.41, 5.74) is 1.16. The Morgan fingerprint density at radius 2 is 2.16 bits per heavy atom. The van der Waals surface area contributed by atoms with Gasteiger partial charge in [0.05, 0.1) is 0 Å². The molecular formula is C15H21FN2S. The minimum absolute atomic E-state index is 0.115. The molecule has 0 bridgehead atoms. The second kappa shape index (κ2) is 6.25. The first-order valence-electron chi connectivity index (χ1n) is 7.22. The van der Waals surface area contributed by atoms with Crippen molar-refractivity contribution in [2.75, 3.05) is 18.8 Å². The predicted octanol–water partition coefficient (Wildman–Crippen LogP) is 3.09. The van der Waals surface area contributed by atoms with E-state index >= 15 is 0 Å². The van der Waals surface area contributed by atoms with Crippen LogP contribution in [0.4, 0.5) is 4.39 Å². The van der Waals surface area contributed by atoms with E-state index in [1.807, 2.05) is 17.8 Å². The summed E-state index contributed by atoms with van der Waals surface area (Å²) in [6, 6.07) is 6.12. The lowest BCUT2D eigenvalue weighted by atomic mass is 10.0. The lowest BCUT2D eigenvalue weighted by Gasteiger charge is -2.30. The molecule has 2 atom stereocenters. The quantitative estimate of drug-likeness (QED) is 0.870. The molecule has 2 heterocycles. The van der Waals surface area contributed by atoms with Gasteiger partial charge >= 0.3 is 0 Å². The monoisotopic (exact) mass is 280 g/mol. The van der Waals surface area contributed by atoms with Crippen LogP contribution in [0.25, 0.3) is 0 Å². The van der Waals surface area contributed by atoms with Crippen molar-refractivity contribution in [3.8, 4) is 0 Å². The highest BCUT2D eigenvalue weighted by Crippen LogP contribution is 2.37. The van der Waals surface area contributed by atoms with Gasteiger partial charge in [0, 0.05) is 17.0 Å². The van der Waals surface area contributed by atoms with Crippen LogP contribution in [0.1, 0.15) is 37.3 Å². The molecule has 0 spiro atoms. The van der Waals surface area contributed by atoms with Crippen molar-refractivity contribution >= 4 is 11.8 Å². The van der Waals surface area contributed by atoms with E-state index in [1.54, 1.807) is 12.1 Å². The molecule has 2 nitrogen and oxygen atoms in total. The summed E-state index contributed by atoms with van der Waals surface area (Å²) in [7, 11) is 0. The second-order valence-electron chi connectivity index (χ2n) is 5.42. The van der Waals surface area contributed by atoms with E-state index in [4.69, 9.17) is 0 Å². The Hall–Kier alpha value is -0.580. The molecule has 2 aliphatic heterocycles. The maximum absolute atomic E-state index is 13.5. The van der Waals surface area contributed by atoms with E-state index < -0.39 is 0 Å². The third-order valence-corrected chi connectivity index (χ3v) is 5.15. The third kappa shape index (κ3) is 3.30. The molecule has 2 aliphatic rings. The van der Waals surface area contributed by atoms with Crippen molar-refractivity contribution in [1.82, 2.24) is 10.6 Å². The van der Waals surface area contributed by atoms with E-state index in [1.165, 1.54) is 24.2 Å². The molecule has 1 saturated heterocycles. The molecule has 0 amide bonds. The Balaban J connectivity index is 1.73. The van der Waals surface area contributed by atoms with Crippen molar-refractivity contribution in [2.24, 2.45) is 0 Å². The van der Waals surface area contributed by atoms with E-state index in [9.17, 15) is 4.39 Å². The lowest BCUT2D eigenvalue weighted by molar-refractivity contribution is 0.393. The first kappa shape index (κ1) is 13.4. The molecule has 1 aromatic carbocycles. The van der Waals surface area contributed by atoms with Gasteiger partial charge in [-0.15, -0.1) is 11.8 Å². The van der Waals surface area contributed by atoms with Gasteiger partial charge in [0.15, 0.2) is 0 Å². The molecule has 1 fully saturated rings. The van der Waals surface area contributed by atoms with Crippen molar-refractivity contribution < 1.29 is 4.39 Å². The van der Waals surface area contributed by atoms with Crippen LogP contribution in [-0.2, 0) is 0 Å². The molecule has 104 valence electrons. The lowest BCUT2D eigenvalue weighted by Crippen LogP contribution is -2.35. The smallest absolute Gasteiger partial charge is 0.123 e. The molecular weight excluding hydrogens is 259 g/mol. The Labute approximate surface area is 118 Å². The van der Waals surface area contributed by atoms with Gasteiger partial charge in [0.1, 0.15) is 5.82 Å². The van der Waals surface area contributed by atoms with Crippen molar-refractivity contribution in [2.45, 2.75) is 42.7 Å². The molecule has 19 heavy (non-hydrogen) atoms. The molecule has 3 rings (SSSR count). The highest BCUT2D eigenvalue weighted by atomic mass is 32.2. The molecule has 0 aliphatic carbocycles. The van der Waals surface area contributed by atoms with Gasteiger partial charge in [-0.3, -0.25) is 0 Å². The average molecular weight is 280 g/mol. The number of thioether (sulfide) groups is 1. The summed E-state index contributed by atoms with van der Waals surface area (Å²) in [5, 5.41) is 7.20. The topological polar surface area (TPSA) is 24.1 Å². The van der Waals surface area contributed by atoms with Crippen LogP contribution >= 0.6 is 11.8 Å². The summed E-state index contributed by atoms with van der Waals surface area (Å²) in [6.07, 6.45) is 4.73. The number of hydrogen-bond donors (Lipinski definition) is 2. The zero-order chi connectivity index (χ0) is 13.1. The Bertz CT molecular complexity index is 430. The summed E-state index contributed by atoms with van der Waals surface area (Å²) in [6.45, 7) is 2.22. The summed E-state index contributed by atoms with van der Waals surface area (Å²) >= 11 is 1.85. The second-order valence-corrected chi connectivity index (χ2v) is 6.55. The zero-order valence-electron chi connectivity index (χ0n) is 11.1. The van der Waals surface area contributed by atoms with Crippen molar-refractivity contribution in [1.29, 1.82) is 0 Å². The number of nitrogens with one attached hydrogen (secondary N) is 2. The standard InChI is InChI=1S/C15H21FN2S/c16-11-3-4-15-13(10-11)14(6-9-19-15)18-12-2-1-7-17-8-5-12/h3-4,10,12,14,17-18H,1-2,5-9H2. The number of fused-ring (bicyclic) bond motifs is 1. The van der Waals surface area contributed by atoms with Crippen LogP contribution < -0.4 is 10.6 Å². The molecule has 1 aromatic rings. The summed E-state index contributed by atoms with van der Waals surface area (Å²) < 4.78 is 13.5. The fraction of sp³-hybridized carbons (Fsp3) is 0.600. The number of rotatable bonds is 2. The Kier molecular flexibility index (Phi) is 4.41. The van der Waals surface area contributed by atoms with Gasteiger partial charge in [-0.25, -0.2) is 4.39 Å². The predicted molar refractivity (Wildman–Crippen MR) is 78.1 cm³/mol. The first-order valence-corrected chi connectivity index (χ1v) is 8.20. The number of hydrogen-bond acceptors (Lipinski definition) is 3. The highest BCUT2D eigenvalue weighted by Gasteiger charge is 2.24. The minimum atomic E-state index is -0.115. The largest absolute Gasteiger partial charge is 0.317 e. The van der Waals surface area contributed by atoms with Crippen LogP contribution in [-0.4, -0.2) is 24.9 Å². The average Bonchev–Trinajstić information content (AvgIpc) is 2.68. The molecule has 0 saturated carbocycles. The molecule has 2 unspecified atom stereocenters. The fourth-order valence-electron chi connectivity index (χ4n) is 3.01. The molecule has 0 aromatic heterocycles. The van der Waals surface area contributed by atoms with Gasteiger partial charge in [0.25, 0.3) is 0 Å². The van der Waals surface area contributed by atoms with Gasteiger partial charge in [0.2, 0.25) is 0 Å². The van der Waals surface area contributed by atoms with Gasteiger partial charge in [-0.05, 0) is 68.3 Å². The Morgan fingerprint density at radius 3 is 3.11 bits per heavy atom. The van der Waals surface area contributed by atoms with Gasteiger partial charge in [-0.1, -0.05) is 0 Å². The summed E-state index contributed by atoms with van der Waals surface area (Å²) in [5.74, 6) is 1.01. The fourth-order valence-corrected chi connectivity index (χ4v) is 4.11. The first-order chi connectivity index (χ1) is 9.33. The van der Waals surface area contributed by atoms with E-state index in [0.29, 0.717) is 12.1 Å². The van der Waals surface area contributed by atoms with Gasteiger partial charge < -0.3 is 10.6 Å². The van der Waals surface area contributed by atoms with Gasteiger partial charge in [-0.2, -0.15) is 0 Å². The van der Waals surface area contributed by atoms with Crippen LogP contribution in [0.3, 0.4) is 0 Å². The van der Waals surface area contributed by atoms with E-state index in [0.717, 1.165) is 30.8 Å². The maximum Gasteiger partial charge on any atom is 0.123 e. The Morgan fingerprint density at radius 1 is 1.21 bits per heavy atom.